The van der Waals surface area contributed by atoms with Crippen LogP contribution in [0.4, 0.5) is 0 Å². The van der Waals surface area contributed by atoms with E-state index in [-0.39, 0.29) is 0 Å². The first-order valence-corrected chi connectivity index (χ1v) is 3.29. The van der Waals surface area contributed by atoms with E-state index in [1.807, 2.05) is 0 Å². The molecule has 0 saturated heterocycles. The third-order valence-corrected chi connectivity index (χ3v) is 1.35. The number of nitrogens with zero attached hydrogens (tertiary/aromatic N) is 2. The fourth-order valence-electron chi connectivity index (χ4n) is 0.765. The molecule has 0 bridgehead atoms. The van der Waals surface area contributed by atoms with Gasteiger partial charge in [-0.3, -0.25) is 4.79 Å². The van der Waals surface area contributed by atoms with E-state index in [0.29, 0.717) is 10.6 Å². The molecule has 0 aromatic heterocycles. The van der Waals surface area contributed by atoms with E-state index < -0.39 is 5.91 Å². The second kappa shape index (κ2) is 3.51. The van der Waals surface area contributed by atoms with Crippen molar-refractivity contribution in [1.29, 1.82) is 5.26 Å². The highest BCUT2D eigenvalue weighted by Gasteiger charge is 2.09. The highest BCUT2D eigenvalue weighted by molar-refractivity contribution is 5.94. The minimum Gasteiger partial charge on any atom is -0.266 e. The number of hydrogen-bond acceptors (Lipinski definition) is 3. The molecule has 2 N–H and O–H groups in total. The minimum atomic E-state index is -0.502. The van der Waals surface area contributed by atoms with E-state index in [2.05, 4.69) is 0 Å². The first-order valence-electron chi connectivity index (χ1n) is 3.29. The second-order valence-electron chi connectivity index (χ2n) is 2.14. The van der Waals surface area contributed by atoms with Crippen LogP contribution in [0.3, 0.4) is 0 Å². The van der Waals surface area contributed by atoms with Crippen LogP contribution in [0.15, 0.2) is 30.3 Å². The van der Waals surface area contributed by atoms with Crippen LogP contribution < -0.4 is 5.84 Å². The summed E-state index contributed by atoms with van der Waals surface area (Å²) in [6.07, 6.45) is 1.52. The van der Waals surface area contributed by atoms with Gasteiger partial charge in [0.05, 0.1) is 0 Å². The fraction of sp³-hybridized carbons (Fsp3) is 0. The SMILES string of the molecule is N#CN(N)C(=O)c1ccccc1. The molecule has 60 valence electrons. The zero-order chi connectivity index (χ0) is 8.97. The summed E-state index contributed by atoms with van der Waals surface area (Å²) < 4.78 is 0. The number of benzene rings is 1. The second-order valence-corrected chi connectivity index (χ2v) is 2.14. The van der Waals surface area contributed by atoms with Gasteiger partial charge in [-0.15, -0.1) is 0 Å². The van der Waals surface area contributed by atoms with Gasteiger partial charge in [0.2, 0.25) is 6.19 Å². The summed E-state index contributed by atoms with van der Waals surface area (Å²) in [5, 5.41) is 8.79. The third kappa shape index (κ3) is 1.59. The predicted molar refractivity (Wildman–Crippen MR) is 42.4 cm³/mol. The Morgan fingerprint density at radius 3 is 2.50 bits per heavy atom. The third-order valence-electron chi connectivity index (χ3n) is 1.35. The van der Waals surface area contributed by atoms with Crippen LogP contribution in [-0.2, 0) is 0 Å². The maximum Gasteiger partial charge on any atom is 0.281 e. The predicted octanol–water partition coefficient (Wildman–Crippen LogP) is 0.484. The molecule has 12 heavy (non-hydrogen) atoms. The number of hydrazine groups is 1. The van der Waals surface area contributed by atoms with Crippen LogP contribution in [0.1, 0.15) is 10.4 Å². The summed E-state index contributed by atoms with van der Waals surface area (Å²) >= 11 is 0. The van der Waals surface area contributed by atoms with E-state index in [1.165, 1.54) is 6.19 Å². The lowest BCUT2D eigenvalue weighted by atomic mass is 10.2. The highest BCUT2D eigenvalue weighted by Crippen LogP contribution is 2.00. The van der Waals surface area contributed by atoms with Crippen LogP contribution in [-0.4, -0.2) is 10.9 Å². The Morgan fingerprint density at radius 2 is 2.00 bits per heavy atom. The smallest absolute Gasteiger partial charge is 0.266 e. The largest absolute Gasteiger partial charge is 0.281 e. The molecule has 4 heteroatoms. The van der Waals surface area contributed by atoms with E-state index in [9.17, 15) is 4.79 Å². The Labute approximate surface area is 69.8 Å². The van der Waals surface area contributed by atoms with Crippen LogP contribution in [0, 0.1) is 11.5 Å². The van der Waals surface area contributed by atoms with Crippen molar-refractivity contribution in [3.8, 4) is 6.19 Å². The quantitative estimate of drug-likeness (QED) is 0.214. The van der Waals surface area contributed by atoms with Gasteiger partial charge >= 0.3 is 0 Å². The molecule has 0 saturated carbocycles. The lowest BCUT2D eigenvalue weighted by Crippen LogP contribution is -2.32. The molecule has 1 aromatic rings. The van der Waals surface area contributed by atoms with Crippen molar-refractivity contribution in [3.63, 3.8) is 0 Å². The molecule has 0 fully saturated rings. The molecule has 0 unspecified atom stereocenters. The molecular weight excluding hydrogens is 154 g/mol. The van der Waals surface area contributed by atoms with Crippen molar-refractivity contribution >= 4 is 5.91 Å². The maximum absolute atomic E-state index is 11.2. The van der Waals surface area contributed by atoms with Gasteiger partial charge in [-0.1, -0.05) is 18.2 Å². The Kier molecular flexibility index (Phi) is 2.41. The maximum atomic E-state index is 11.2. The van der Waals surface area contributed by atoms with Gasteiger partial charge in [0.1, 0.15) is 0 Å². The molecule has 0 radical (unpaired) electrons. The molecule has 4 nitrogen and oxygen atoms in total. The summed E-state index contributed by atoms with van der Waals surface area (Å²) in [6, 6.07) is 8.39. The molecule has 1 rings (SSSR count). The van der Waals surface area contributed by atoms with Crippen molar-refractivity contribution in [2.75, 3.05) is 0 Å². The van der Waals surface area contributed by atoms with Crippen LogP contribution >= 0.6 is 0 Å². The number of carbonyl (C=O) groups excluding carboxylic acids is 1. The number of rotatable bonds is 1. The van der Waals surface area contributed by atoms with Crippen molar-refractivity contribution in [2.45, 2.75) is 0 Å². The highest BCUT2D eigenvalue weighted by atomic mass is 16.2. The number of carbonyl (C=O) groups is 1. The van der Waals surface area contributed by atoms with E-state index in [4.69, 9.17) is 11.1 Å². The molecule has 1 amide bonds. The van der Waals surface area contributed by atoms with Crippen molar-refractivity contribution in [2.24, 2.45) is 5.84 Å². The van der Waals surface area contributed by atoms with Crippen LogP contribution in [0.25, 0.3) is 0 Å². The number of nitrogens with two attached hydrogens (primary N) is 1. The molecular formula is C8H7N3O. The summed E-state index contributed by atoms with van der Waals surface area (Å²) in [4.78, 5) is 11.2. The zero-order valence-electron chi connectivity index (χ0n) is 6.27. The monoisotopic (exact) mass is 161 g/mol. The van der Waals surface area contributed by atoms with Gasteiger partial charge in [-0.2, -0.15) is 10.3 Å². The Balaban J connectivity index is 2.88. The number of amides is 1. The Morgan fingerprint density at radius 1 is 1.42 bits per heavy atom. The fourth-order valence-corrected chi connectivity index (χ4v) is 0.765. The average Bonchev–Trinajstić information content (AvgIpc) is 2.17. The van der Waals surface area contributed by atoms with Gasteiger partial charge in [0.25, 0.3) is 5.91 Å². The first kappa shape index (κ1) is 8.24. The Hall–Kier alpha value is -1.86. The molecule has 0 atom stereocenters. The summed E-state index contributed by atoms with van der Waals surface area (Å²) in [7, 11) is 0. The van der Waals surface area contributed by atoms with Crippen molar-refractivity contribution < 1.29 is 4.79 Å². The first-order chi connectivity index (χ1) is 5.75. The number of hydrogen-bond donors (Lipinski definition) is 1. The van der Waals surface area contributed by atoms with E-state index >= 15 is 0 Å². The molecule has 0 aliphatic heterocycles. The zero-order valence-corrected chi connectivity index (χ0v) is 6.27. The topological polar surface area (TPSA) is 70.1 Å². The lowest BCUT2D eigenvalue weighted by Gasteiger charge is -2.04. The molecule has 0 aliphatic rings. The summed E-state index contributed by atoms with van der Waals surface area (Å²) in [6.45, 7) is 0. The van der Waals surface area contributed by atoms with Crippen LogP contribution in [0.2, 0.25) is 0 Å². The van der Waals surface area contributed by atoms with Crippen molar-refractivity contribution in [3.05, 3.63) is 35.9 Å². The standard InChI is InChI=1S/C8H7N3O/c9-6-11(10)8(12)7-4-2-1-3-5-7/h1-5H,10H2. The van der Waals surface area contributed by atoms with Gasteiger partial charge in [-0.05, 0) is 12.1 Å². The average molecular weight is 161 g/mol. The van der Waals surface area contributed by atoms with Gasteiger partial charge in [0.15, 0.2) is 0 Å². The molecule has 0 heterocycles. The lowest BCUT2D eigenvalue weighted by molar-refractivity contribution is 0.0832. The minimum absolute atomic E-state index is 0.404. The summed E-state index contributed by atoms with van der Waals surface area (Å²) in [5.74, 6) is 4.57. The number of nitriles is 1. The Bertz CT molecular complexity index is 315. The van der Waals surface area contributed by atoms with Crippen LogP contribution in [0.5, 0.6) is 0 Å². The molecule has 1 aromatic carbocycles. The van der Waals surface area contributed by atoms with Gasteiger partial charge < -0.3 is 0 Å². The van der Waals surface area contributed by atoms with Gasteiger partial charge in [-0.25, -0.2) is 5.84 Å². The molecule has 0 spiro atoms. The van der Waals surface area contributed by atoms with Gasteiger partial charge in [0, 0.05) is 5.56 Å². The molecule has 0 aliphatic carbocycles. The van der Waals surface area contributed by atoms with E-state index in [0.717, 1.165) is 0 Å². The van der Waals surface area contributed by atoms with Crippen molar-refractivity contribution in [1.82, 2.24) is 5.01 Å². The normalized spacial score (nSPS) is 8.67. The summed E-state index contributed by atoms with van der Waals surface area (Å²) in [5.41, 5.74) is 0.404. The van der Waals surface area contributed by atoms with E-state index in [1.54, 1.807) is 30.3 Å².